The van der Waals surface area contributed by atoms with Crippen molar-refractivity contribution < 1.29 is 31.1 Å². The van der Waals surface area contributed by atoms with Crippen LogP contribution >= 0.6 is 0 Å². The minimum Gasteiger partial charge on any atom is -0.454 e. The third kappa shape index (κ3) is 7.46. The molecule has 0 aliphatic heterocycles. The van der Waals surface area contributed by atoms with E-state index in [9.17, 15) is 26.3 Å². The Morgan fingerprint density at radius 3 is 2.16 bits per heavy atom. The molecule has 0 aliphatic rings. The average Bonchev–Trinajstić information content (AvgIpc) is 2.73. The Hall–Kier alpha value is -3.32. The van der Waals surface area contributed by atoms with E-state index in [1.807, 2.05) is 0 Å². The van der Waals surface area contributed by atoms with Crippen LogP contribution in [0.4, 0.5) is 26.3 Å². The molecule has 0 fully saturated rings. The van der Waals surface area contributed by atoms with Gasteiger partial charge in [0, 0.05) is 24.4 Å². The van der Waals surface area contributed by atoms with Crippen molar-refractivity contribution in [3.8, 4) is 17.4 Å². The molecular formula is C18H16F6N6O. The number of aromatic nitrogens is 4. The third-order valence-electron chi connectivity index (χ3n) is 3.59. The molecule has 2 aromatic heterocycles. The fourth-order valence-corrected chi connectivity index (χ4v) is 2.34. The van der Waals surface area contributed by atoms with Crippen molar-refractivity contribution in [2.45, 2.75) is 18.8 Å². The maximum Gasteiger partial charge on any atom is 0.422 e. The highest BCUT2D eigenvalue weighted by Crippen LogP contribution is 2.31. The van der Waals surface area contributed by atoms with Crippen LogP contribution in [0.15, 0.2) is 48.8 Å². The minimum atomic E-state index is -4.63. The van der Waals surface area contributed by atoms with E-state index in [2.05, 4.69) is 36.4 Å². The Morgan fingerprint density at radius 2 is 1.55 bits per heavy atom. The van der Waals surface area contributed by atoms with Crippen molar-refractivity contribution in [2.24, 2.45) is 11.7 Å². The van der Waals surface area contributed by atoms with Crippen LogP contribution in [0.5, 0.6) is 6.01 Å². The maximum atomic E-state index is 13.0. The normalized spacial score (nSPS) is 11.5. The molecule has 3 rings (SSSR count). The van der Waals surface area contributed by atoms with E-state index >= 15 is 0 Å². The number of benzene rings is 1. The molecule has 7 nitrogen and oxygen atoms in total. The first-order chi connectivity index (χ1) is 14.6. The molecular weight excluding hydrogens is 430 g/mol. The fourth-order valence-electron chi connectivity index (χ4n) is 2.34. The van der Waals surface area contributed by atoms with Gasteiger partial charge in [-0.15, -0.1) is 0 Å². The fraction of sp³-hybridized carbons (Fsp3) is 0.222. The molecule has 0 radical (unpaired) electrons. The lowest BCUT2D eigenvalue weighted by Gasteiger charge is -2.11. The average molecular weight is 446 g/mol. The number of hydrogen-bond donors (Lipinski definition) is 2. The van der Waals surface area contributed by atoms with Crippen LogP contribution in [0.2, 0.25) is 0 Å². The van der Waals surface area contributed by atoms with Crippen molar-refractivity contribution in [3.05, 3.63) is 65.7 Å². The van der Waals surface area contributed by atoms with E-state index in [1.54, 1.807) is 12.1 Å². The van der Waals surface area contributed by atoms with Gasteiger partial charge >= 0.3 is 18.4 Å². The summed E-state index contributed by atoms with van der Waals surface area (Å²) in [6, 6.07) is 6.79. The van der Waals surface area contributed by atoms with Crippen molar-refractivity contribution in [2.75, 3.05) is 6.61 Å². The number of pyridine rings is 1. The highest BCUT2D eigenvalue weighted by atomic mass is 19.4. The van der Waals surface area contributed by atoms with Gasteiger partial charge in [-0.05, 0) is 29.8 Å². The number of halogens is 6. The number of nitrogens with zero attached hydrogens (tertiary/aromatic N) is 4. The molecule has 1 aromatic carbocycles. The summed E-state index contributed by atoms with van der Waals surface area (Å²) >= 11 is 0. The van der Waals surface area contributed by atoms with E-state index in [0.29, 0.717) is 5.56 Å². The standard InChI is InChI=1S/C18H12F6N4O.H4N2/c19-17(20,21)10-29-16-27-14(8-11-4-6-25-7-5-11)26-15(28-16)12-2-1-3-13(9-12)18(22,23)24;1-2/h1-7,9H,8,10H2;1-2H2. The lowest BCUT2D eigenvalue weighted by Crippen LogP contribution is -2.20. The van der Waals surface area contributed by atoms with Crippen LogP contribution in [-0.4, -0.2) is 32.7 Å². The Labute approximate surface area is 172 Å². The lowest BCUT2D eigenvalue weighted by molar-refractivity contribution is -0.154. The zero-order valence-electron chi connectivity index (χ0n) is 15.7. The van der Waals surface area contributed by atoms with E-state index in [0.717, 1.165) is 18.2 Å². The number of rotatable bonds is 5. The molecule has 3 aromatic rings. The summed E-state index contributed by atoms with van der Waals surface area (Å²) in [5.74, 6) is 7.81. The summed E-state index contributed by atoms with van der Waals surface area (Å²) < 4.78 is 80.9. The maximum absolute atomic E-state index is 13.0. The Kier molecular flexibility index (Phi) is 7.83. The molecule has 4 N–H and O–H groups in total. The quantitative estimate of drug-likeness (QED) is 0.351. The highest BCUT2D eigenvalue weighted by Gasteiger charge is 2.31. The molecule has 166 valence electrons. The second-order valence-electron chi connectivity index (χ2n) is 5.87. The first-order valence-electron chi connectivity index (χ1n) is 8.44. The molecule has 0 bridgehead atoms. The molecule has 0 atom stereocenters. The SMILES string of the molecule is FC(F)(F)COc1nc(Cc2ccncc2)nc(-c2cccc(C(F)(F)F)c2)n1.NN. The number of alkyl halides is 6. The predicted octanol–water partition coefficient (Wildman–Crippen LogP) is 3.30. The topological polar surface area (TPSA) is 113 Å². The molecule has 0 aliphatic carbocycles. The molecule has 0 amide bonds. The highest BCUT2D eigenvalue weighted by molar-refractivity contribution is 5.56. The van der Waals surface area contributed by atoms with Crippen molar-refractivity contribution in [1.29, 1.82) is 0 Å². The number of hydrazine groups is 1. The zero-order chi connectivity index (χ0) is 23.1. The largest absolute Gasteiger partial charge is 0.454 e. The van der Waals surface area contributed by atoms with Crippen molar-refractivity contribution >= 4 is 0 Å². The van der Waals surface area contributed by atoms with E-state index in [1.165, 1.54) is 18.5 Å². The van der Waals surface area contributed by atoms with Gasteiger partial charge in [0.15, 0.2) is 12.4 Å². The number of ether oxygens (including phenoxy) is 1. The van der Waals surface area contributed by atoms with Crippen LogP contribution in [-0.2, 0) is 12.6 Å². The van der Waals surface area contributed by atoms with Gasteiger partial charge in [0.2, 0.25) is 0 Å². The van der Waals surface area contributed by atoms with Gasteiger partial charge in [0.05, 0.1) is 5.56 Å². The van der Waals surface area contributed by atoms with Crippen LogP contribution < -0.4 is 16.4 Å². The van der Waals surface area contributed by atoms with Gasteiger partial charge in [-0.1, -0.05) is 12.1 Å². The second-order valence-corrected chi connectivity index (χ2v) is 5.87. The zero-order valence-corrected chi connectivity index (χ0v) is 15.7. The van der Waals surface area contributed by atoms with E-state index in [-0.39, 0.29) is 23.6 Å². The van der Waals surface area contributed by atoms with Crippen LogP contribution in [0.25, 0.3) is 11.4 Å². The summed E-state index contributed by atoms with van der Waals surface area (Å²) in [7, 11) is 0. The van der Waals surface area contributed by atoms with Gasteiger partial charge < -0.3 is 4.74 Å². The predicted molar refractivity (Wildman–Crippen MR) is 97.2 cm³/mol. The summed E-state index contributed by atoms with van der Waals surface area (Å²) in [5, 5.41) is 0. The first-order valence-corrected chi connectivity index (χ1v) is 8.44. The summed E-state index contributed by atoms with van der Waals surface area (Å²) in [6.07, 6.45) is -6.12. The summed E-state index contributed by atoms with van der Waals surface area (Å²) in [6.45, 7) is -1.65. The minimum absolute atomic E-state index is 0.0323. The van der Waals surface area contributed by atoms with Gasteiger partial charge in [-0.25, -0.2) is 4.98 Å². The van der Waals surface area contributed by atoms with Gasteiger partial charge in [-0.3, -0.25) is 16.7 Å². The Balaban J connectivity index is 0.00000166. The smallest absolute Gasteiger partial charge is 0.422 e. The Morgan fingerprint density at radius 1 is 0.871 bits per heavy atom. The molecule has 2 heterocycles. The molecule has 0 saturated heterocycles. The second kappa shape index (κ2) is 10.1. The Bertz CT molecular complexity index is 981. The molecule has 31 heavy (non-hydrogen) atoms. The number of hydrogen-bond acceptors (Lipinski definition) is 7. The lowest BCUT2D eigenvalue weighted by atomic mass is 10.1. The van der Waals surface area contributed by atoms with Crippen LogP contribution in [0.1, 0.15) is 17.0 Å². The van der Waals surface area contributed by atoms with Gasteiger partial charge in [0.25, 0.3) is 0 Å². The first kappa shape index (κ1) is 24.0. The number of nitrogens with two attached hydrogens (primary N) is 2. The van der Waals surface area contributed by atoms with E-state index < -0.39 is 30.5 Å². The monoisotopic (exact) mass is 446 g/mol. The van der Waals surface area contributed by atoms with E-state index in [4.69, 9.17) is 0 Å². The molecule has 0 unspecified atom stereocenters. The van der Waals surface area contributed by atoms with Crippen LogP contribution in [0, 0.1) is 0 Å². The van der Waals surface area contributed by atoms with Crippen LogP contribution in [0.3, 0.4) is 0 Å². The summed E-state index contributed by atoms with van der Waals surface area (Å²) in [5.41, 5.74) is -0.276. The summed E-state index contributed by atoms with van der Waals surface area (Å²) in [4.78, 5) is 15.5. The molecule has 13 heteroatoms. The van der Waals surface area contributed by atoms with Gasteiger partial charge in [-0.2, -0.15) is 36.3 Å². The molecule has 0 spiro atoms. The third-order valence-corrected chi connectivity index (χ3v) is 3.59. The van der Waals surface area contributed by atoms with Crippen molar-refractivity contribution in [1.82, 2.24) is 19.9 Å². The van der Waals surface area contributed by atoms with Crippen molar-refractivity contribution in [3.63, 3.8) is 0 Å². The molecule has 0 saturated carbocycles. The van der Waals surface area contributed by atoms with Gasteiger partial charge in [0.1, 0.15) is 5.82 Å².